The second-order valence-corrected chi connectivity index (χ2v) is 6.19. The quantitative estimate of drug-likeness (QED) is 0.563. The second-order valence-electron chi connectivity index (χ2n) is 5.04. The minimum Gasteiger partial charge on any atom is -0.388 e. The van der Waals surface area contributed by atoms with Crippen molar-refractivity contribution in [3.8, 4) is 0 Å². The number of carbonyl (C=O) groups is 1. The first kappa shape index (κ1) is 18.9. The Kier molecular flexibility index (Phi) is 9.64. The molecule has 0 atom stereocenters. The van der Waals surface area contributed by atoms with Crippen LogP contribution >= 0.6 is 12.6 Å². The molecule has 1 N–H and O–H groups in total. The molecule has 1 spiro atoms. The summed E-state index contributed by atoms with van der Waals surface area (Å²) in [4.78, 5) is 9.75. The molecule has 6 heteroatoms. The van der Waals surface area contributed by atoms with Crippen LogP contribution in [0.5, 0.6) is 0 Å². The molecule has 2 aliphatic rings. The van der Waals surface area contributed by atoms with Gasteiger partial charge in [0, 0.05) is 40.2 Å². The Morgan fingerprint density at radius 1 is 1.21 bits per heavy atom. The van der Waals surface area contributed by atoms with Crippen molar-refractivity contribution >= 4 is 18.9 Å². The summed E-state index contributed by atoms with van der Waals surface area (Å²) in [5, 5.41) is 3.28. The van der Waals surface area contributed by atoms with Gasteiger partial charge in [0.05, 0.1) is 18.0 Å². The van der Waals surface area contributed by atoms with E-state index in [1.165, 1.54) is 0 Å². The number of carbonyl (C=O) groups excluding carboxylic acids is 1. The highest BCUT2D eigenvalue weighted by molar-refractivity contribution is 7.82. The van der Waals surface area contributed by atoms with Crippen LogP contribution in [0.15, 0.2) is 0 Å². The molecule has 0 aliphatic carbocycles. The molecular weight excluding hydrogens is 266 g/mol. The number of methoxy groups -OCH3 is 1. The van der Waals surface area contributed by atoms with Gasteiger partial charge in [0.2, 0.25) is 0 Å². The average molecular weight is 293 g/mol. The number of thiol groups is 1. The Hall–Kier alpha value is -0.140. The van der Waals surface area contributed by atoms with Crippen molar-refractivity contribution < 1.29 is 19.0 Å². The highest BCUT2D eigenvalue weighted by Gasteiger charge is 2.37. The van der Waals surface area contributed by atoms with Gasteiger partial charge in [0.25, 0.3) is 0 Å². The molecule has 114 valence electrons. The lowest BCUT2D eigenvalue weighted by molar-refractivity contribution is -0.172. The summed E-state index contributed by atoms with van der Waals surface area (Å²) in [6, 6.07) is 0. The van der Waals surface area contributed by atoms with E-state index >= 15 is 0 Å². The fourth-order valence-corrected chi connectivity index (χ4v) is 1.59. The van der Waals surface area contributed by atoms with Crippen LogP contribution in [-0.2, 0) is 19.0 Å². The van der Waals surface area contributed by atoms with Crippen LogP contribution in [0.4, 0.5) is 0 Å². The summed E-state index contributed by atoms with van der Waals surface area (Å²) in [5.41, 5.74) is 0. The molecule has 5 nitrogen and oxygen atoms in total. The van der Waals surface area contributed by atoms with Crippen LogP contribution < -0.4 is 5.32 Å². The first-order valence-electron chi connectivity index (χ1n) is 6.46. The number of rotatable bonds is 1. The van der Waals surface area contributed by atoms with E-state index in [4.69, 9.17) is 9.47 Å². The Labute approximate surface area is 121 Å². The van der Waals surface area contributed by atoms with E-state index in [-0.39, 0.29) is 5.79 Å². The molecule has 19 heavy (non-hydrogen) atoms. The average Bonchev–Trinajstić information content (AvgIpc) is 2.79. The van der Waals surface area contributed by atoms with Crippen molar-refractivity contribution in [2.24, 2.45) is 0 Å². The molecule has 0 unspecified atom stereocenters. The van der Waals surface area contributed by atoms with Gasteiger partial charge in [-0.3, -0.25) is 0 Å². The van der Waals surface area contributed by atoms with Crippen molar-refractivity contribution in [3.63, 3.8) is 0 Å². The minimum absolute atomic E-state index is 0.189. The van der Waals surface area contributed by atoms with E-state index in [1.807, 2.05) is 0 Å². The van der Waals surface area contributed by atoms with Crippen LogP contribution in [0.2, 0.25) is 0 Å². The molecule has 0 aromatic carbocycles. The normalized spacial score (nSPS) is 20.9. The van der Waals surface area contributed by atoms with Gasteiger partial charge >= 0.3 is 0 Å². The van der Waals surface area contributed by atoms with Gasteiger partial charge < -0.3 is 24.3 Å². The topological polar surface area (TPSA) is 56.8 Å². The van der Waals surface area contributed by atoms with Gasteiger partial charge in [-0.25, -0.2) is 0 Å². The molecule has 2 aliphatic heterocycles. The maximum Gasteiger partial charge on any atom is 0.170 e. The second kappa shape index (κ2) is 9.72. The van der Waals surface area contributed by atoms with Gasteiger partial charge in [0.15, 0.2) is 5.79 Å². The van der Waals surface area contributed by atoms with E-state index in [2.05, 4.69) is 22.7 Å². The van der Waals surface area contributed by atoms with Gasteiger partial charge in [-0.05, 0) is 13.8 Å². The Balaban J connectivity index is 0.000000312. The summed E-state index contributed by atoms with van der Waals surface area (Å²) in [6.45, 7) is 7.09. The van der Waals surface area contributed by atoms with E-state index in [0.717, 1.165) is 45.4 Å². The third kappa shape index (κ3) is 9.40. The number of hydrogen-bond acceptors (Lipinski definition) is 6. The molecule has 2 saturated heterocycles. The van der Waals surface area contributed by atoms with E-state index in [9.17, 15) is 4.79 Å². The fourth-order valence-electron chi connectivity index (χ4n) is 1.59. The van der Waals surface area contributed by atoms with Crippen molar-refractivity contribution in [1.29, 1.82) is 0 Å². The SMILES string of the molecule is C1CC2(CCN1)OCCO2.CC(C)(S)C=O.COC. The summed E-state index contributed by atoms with van der Waals surface area (Å²) in [6.07, 6.45) is 2.82. The summed E-state index contributed by atoms with van der Waals surface area (Å²) in [5.74, 6) is -0.189. The monoisotopic (exact) mass is 293 g/mol. The predicted molar refractivity (Wildman–Crippen MR) is 78.8 cm³/mol. The van der Waals surface area contributed by atoms with Gasteiger partial charge in [-0.1, -0.05) is 0 Å². The zero-order chi connectivity index (χ0) is 14.8. The summed E-state index contributed by atoms with van der Waals surface area (Å²) >= 11 is 3.89. The predicted octanol–water partition coefficient (Wildman–Crippen LogP) is 1.27. The largest absolute Gasteiger partial charge is 0.388 e. The zero-order valence-electron chi connectivity index (χ0n) is 12.4. The molecule has 0 amide bonds. The fraction of sp³-hybridized carbons (Fsp3) is 0.923. The third-order valence-electron chi connectivity index (χ3n) is 2.47. The van der Waals surface area contributed by atoms with Crippen molar-refractivity contribution in [2.75, 3.05) is 40.5 Å². The molecule has 0 radical (unpaired) electrons. The van der Waals surface area contributed by atoms with E-state index in [0.29, 0.717) is 0 Å². The van der Waals surface area contributed by atoms with Crippen LogP contribution in [0.1, 0.15) is 26.7 Å². The van der Waals surface area contributed by atoms with Crippen LogP contribution in [0.3, 0.4) is 0 Å². The van der Waals surface area contributed by atoms with Crippen molar-refractivity contribution in [3.05, 3.63) is 0 Å². The van der Waals surface area contributed by atoms with Gasteiger partial charge in [-0.15, -0.1) is 0 Å². The number of nitrogens with one attached hydrogen (secondary N) is 1. The molecule has 2 fully saturated rings. The smallest absolute Gasteiger partial charge is 0.170 e. The van der Waals surface area contributed by atoms with Gasteiger partial charge in [-0.2, -0.15) is 12.6 Å². The maximum absolute atomic E-state index is 9.75. The summed E-state index contributed by atoms with van der Waals surface area (Å²) < 4.78 is 14.8. The minimum atomic E-state index is -0.444. The highest BCUT2D eigenvalue weighted by atomic mass is 32.1. The summed E-state index contributed by atoms with van der Waals surface area (Å²) in [7, 11) is 3.25. The third-order valence-corrected chi connectivity index (χ3v) is 2.57. The number of ether oxygens (including phenoxy) is 3. The zero-order valence-corrected chi connectivity index (χ0v) is 13.3. The van der Waals surface area contributed by atoms with Crippen LogP contribution in [-0.4, -0.2) is 57.3 Å². The molecule has 2 heterocycles. The molecule has 0 aromatic heterocycles. The lowest BCUT2D eigenvalue weighted by Crippen LogP contribution is -2.42. The Morgan fingerprint density at radius 3 is 1.89 bits per heavy atom. The standard InChI is InChI=1S/C7H13NO2.C4H8OS.C2H6O/c1-3-8-4-2-7(1)9-5-6-10-7;1-4(2,6)3-5;1-3-2/h8H,1-6H2;3,6H,1-2H3;1-2H3. The molecule has 0 bridgehead atoms. The molecule has 0 aromatic rings. The number of hydrogen-bond donors (Lipinski definition) is 2. The molecule has 0 saturated carbocycles. The number of piperidine rings is 1. The van der Waals surface area contributed by atoms with Crippen LogP contribution in [0, 0.1) is 0 Å². The maximum atomic E-state index is 9.75. The lowest BCUT2D eigenvalue weighted by atomic mass is 10.1. The molecular formula is C13H27NO4S. The lowest BCUT2D eigenvalue weighted by Gasteiger charge is -2.31. The van der Waals surface area contributed by atoms with Crippen molar-refractivity contribution in [1.82, 2.24) is 5.32 Å². The number of aldehydes is 1. The Bertz CT molecular complexity index is 229. The van der Waals surface area contributed by atoms with Gasteiger partial charge in [0.1, 0.15) is 6.29 Å². The first-order chi connectivity index (χ1) is 8.89. The van der Waals surface area contributed by atoms with Crippen molar-refractivity contribution in [2.45, 2.75) is 37.2 Å². The van der Waals surface area contributed by atoms with E-state index in [1.54, 1.807) is 28.1 Å². The first-order valence-corrected chi connectivity index (χ1v) is 6.91. The van der Waals surface area contributed by atoms with Crippen LogP contribution in [0.25, 0.3) is 0 Å². The highest BCUT2D eigenvalue weighted by Crippen LogP contribution is 2.28. The molecule has 2 rings (SSSR count). The Morgan fingerprint density at radius 2 is 1.58 bits per heavy atom. The van der Waals surface area contributed by atoms with E-state index < -0.39 is 4.75 Å².